The summed E-state index contributed by atoms with van der Waals surface area (Å²) in [7, 11) is 0. The summed E-state index contributed by atoms with van der Waals surface area (Å²) in [6.07, 6.45) is 3.45. The SMILES string of the molecule is C[C@@H](NC(=O)C1CCC(N)CC1)c1ccccc1F. The van der Waals surface area contributed by atoms with Crippen LogP contribution in [0.5, 0.6) is 0 Å². The average molecular weight is 264 g/mol. The number of nitrogens with one attached hydrogen (secondary N) is 1. The number of rotatable bonds is 3. The molecule has 4 heteroatoms. The lowest BCUT2D eigenvalue weighted by Gasteiger charge is -2.26. The summed E-state index contributed by atoms with van der Waals surface area (Å²) < 4.78 is 13.6. The molecule has 2 rings (SSSR count). The van der Waals surface area contributed by atoms with Gasteiger partial charge in [0.05, 0.1) is 6.04 Å². The van der Waals surface area contributed by atoms with Crippen LogP contribution in [0.1, 0.15) is 44.2 Å². The van der Waals surface area contributed by atoms with Gasteiger partial charge in [0.25, 0.3) is 0 Å². The average Bonchev–Trinajstić information content (AvgIpc) is 2.39. The van der Waals surface area contributed by atoms with Crippen molar-refractivity contribution in [2.24, 2.45) is 11.7 Å². The molecular formula is C15H21FN2O. The lowest BCUT2D eigenvalue weighted by molar-refractivity contribution is -0.126. The highest BCUT2D eigenvalue weighted by atomic mass is 19.1. The monoisotopic (exact) mass is 264 g/mol. The second-order valence-electron chi connectivity index (χ2n) is 5.36. The molecule has 3 nitrogen and oxygen atoms in total. The summed E-state index contributed by atoms with van der Waals surface area (Å²) in [5.74, 6) is -0.238. The number of hydrogen-bond donors (Lipinski definition) is 2. The predicted octanol–water partition coefficient (Wildman–Crippen LogP) is 2.52. The highest BCUT2D eigenvalue weighted by Crippen LogP contribution is 2.24. The van der Waals surface area contributed by atoms with Gasteiger partial charge < -0.3 is 11.1 Å². The molecule has 0 heterocycles. The highest BCUT2D eigenvalue weighted by molar-refractivity contribution is 5.79. The van der Waals surface area contributed by atoms with Crippen LogP contribution >= 0.6 is 0 Å². The predicted molar refractivity (Wildman–Crippen MR) is 72.9 cm³/mol. The van der Waals surface area contributed by atoms with Crippen molar-refractivity contribution in [1.29, 1.82) is 0 Å². The molecule has 0 unspecified atom stereocenters. The fourth-order valence-electron chi connectivity index (χ4n) is 2.62. The third-order valence-electron chi connectivity index (χ3n) is 3.87. The van der Waals surface area contributed by atoms with Gasteiger partial charge in [0, 0.05) is 17.5 Å². The minimum atomic E-state index is -0.302. The van der Waals surface area contributed by atoms with Crippen molar-refractivity contribution in [2.75, 3.05) is 0 Å². The van der Waals surface area contributed by atoms with Gasteiger partial charge in [0.2, 0.25) is 5.91 Å². The van der Waals surface area contributed by atoms with E-state index in [0.29, 0.717) is 5.56 Å². The Morgan fingerprint density at radius 2 is 1.95 bits per heavy atom. The van der Waals surface area contributed by atoms with Crippen LogP contribution in [-0.4, -0.2) is 11.9 Å². The zero-order valence-corrected chi connectivity index (χ0v) is 11.2. The number of nitrogens with two attached hydrogens (primary N) is 1. The quantitative estimate of drug-likeness (QED) is 0.881. The molecule has 1 aromatic rings. The molecule has 1 aliphatic carbocycles. The summed E-state index contributed by atoms with van der Waals surface area (Å²) in [6.45, 7) is 1.81. The van der Waals surface area contributed by atoms with Gasteiger partial charge >= 0.3 is 0 Å². The minimum absolute atomic E-state index is 0.0163. The van der Waals surface area contributed by atoms with Crippen molar-refractivity contribution in [2.45, 2.75) is 44.7 Å². The van der Waals surface area contributed by atoms with E-state index >= 15 is 0 Å². The topological polar surface area (TPSA) is 55.1 Å². The van der Waals surface area contributed by atoms with Crippen LogP contribution in [0.15, 0.2) is 24.3 Å². The first kappa shape index (κ1) is 14.0. The van der Waals surface area contributed by atoms with E-state index in [1.807, 2.05) is 6.92 Å². The number of benzene rings is 1. The first-order valence-corrected chi connectivity index (χ1v) is 6.88. The van der Waals surface area contributed by atoms with Gasteiger partial charge in [-0.25, -0.2) is 4.39 Å². The molecule has 1 saturated carbocycles. The third kappa shape index (κ3) is 3.53. The van der Waals surface area contributed by atoms with Gasteiger partial charge in [-0.1, -0.05) is 18.2 Å². The van der Waals surface area contributed by atoms with Crippen LogP contribution in [0.2, 0.25) is 0 Å². The Kier molecular flexibility index (Phi) is 4.53. The van der Waals surface area contributed by atoms with Gasteiger partial charge in [-0.15, -0.1) is 0 Å². The van der Waals surface area contributed by atoms with Crippen LogP contribution in [0.25, 0.3) is 0 Å². The van der Waals surface area contributed by atoms with Gasteiger partial charge in [0.1, 0.15) is 5.82 Å². The summed E-state index contributed by atoms with van der Waals surface area (Å²) in [4.78, 5) is 12.1. The molecule has 1 atom stereocenters. The fourth-order valence-corrected chi connectivity index (χ4v) is 2.62. The van der Waals surface area contributed by atoms with E-state index in [2.05, 4.69) is 5.32 Å². The Bertz CT molecular complexity index is 442. The van der Waals surface area contributed by atoms with E-state index in [9.17, 15) is 9.18 Å². The molecule has 1 aliphatic rings. The number of carbonyl (C=O) groups is 1. The van der Waals surface area contributed by atoms with Crippen molar-refractivity contribution in [3.05, 3.63) is 35.6 Å². The Hall–Kier alpha value is -1.42. The zero-order chi connectivity index (χ0) is 13.8. The molecule has 0 radical (unpaired) electrons. The first-order chi connectivity index (χ1) is 9.08. The maximum Gasteiger partial charge on any atom is 0.223 e. The number of carbonyl (C=O) groups excluding carboxylic acids is 1. The van der Waals surface area contributed by atoms with Gasteiger partial charge in [-0.2, -0.15) is 0 Å². The van der Waals surface area contributed by atoms with E-state index < -0.39 is 0 Å². The Balaban J connectivity index is 1.94. The van der Waals surface area contributed by atoms with Crippen LogP contribution in [-0.2, 0) is 4.79 Å². The van der Waals surface area contributed by atoms with Crippen LogP contribution < -0.4 is 11.1 Å². The number of halogens is 1. The number of hydrogen-bond acceptors (Lipinski definition) is 2. The highest BCUT2D eigenvalue weighted by Gasteiger charge is 2.25. The Morgan fingerprint density at radius 1 is 1.32 bits per heavy atom. The summed E-state index contributed by atoms with van der Waals surface area (Å²) in [5, 5.41) is 2.90. The lowest BCUT2D eigenvalue weighted by atomic mass is 9.85. The standard InChI is InChI=1S/C15H21FN2O/c1-10(13-4-2-3-5-14(13)16)18-15(19)11-6-8-12(17)9-7-11/h2-5,10-12H,6-9,17H2,1H3,(H,18,19)/t10-,11?,12?/m1/s1. The zero-order valence-electron chi connectivity index (χ0n) is 11.2. The molecule has 1 fully saturated rings. The van der Waals surface area contributed by atoms with Gasteiger partial charge in [-0.05, 0) is 38.7 Å². The maximum atomic E-state index is 13.6. The smallest absolute Gasteiger partial charge is 0.223 e. The summed E-state index contributed by atoms with van der Waals surface area (Å²) in [6, 6.07) is 6.47. The second kappa shape index (κ2) is 6.15. The molecule has 0 aromatic heterocycles. The molecule has 19 heavy (non-hydrogen) atoms. The van der Waals surface area contributed by atoms with Crippen LogP contribution in [0.4, 0.5) is 4.39 Å². The summed E-state index contributed by atoms with van der Waals surface area (Å²) in [5.41, 5.74) is 6.36. The summed E-state index contributed by atoms with van der Waals surface area (Å²) >= 11 is 0. The fraction of sp³-hybridized carbons (Fsp3) is 0.533. The van der Waals surface area contributed by atoms with Gasteiger partial charge in [-0.3, -0.25) is 4.79 Å². The molecule has 1 amide bonds. The van der Waals surface area contributed by atoms with E-state index in [-0.39, 0.29) is 29.7 Å². The molecule has 0 saturated heterocycles. The molecule has 0 aliphatic heterocycles. The van der Waals surface area contributed by atoms with Crippen molar-refractivity contribution in [3.63, 3.8) is 0 Å². The molecule has 3 N–H and O–H groups in total. The van der Waals surface area contributed by atoms with E-state index in [0.717, 1.165) is 25.7 Å². The second-order valence-corrected chi connectivity index (χ2v) is 5.36. The van der Waals surface area contributed by atoms with Crippen LogP contribution in [0.3, 0.4) is 0 Å². The number of amides is 1. The Morgan fingerprint density at radius 3 is 2.58 bits per heavy atom. The third-order valence-corrected chi connectivity index (χ3v) is 3.87. The van der Waals surface area contributed by atoms with E-state index in [4.69, 9.17) is 5.73 Å². The van der Waals surface area contributed by atoms with Crippen LogP contribution in [0, 0.1) is 11.7 Å². The van der Waals surface area contributed by atoms with Crippen molar-refractivity contribution < 1.29 is 9.18 Å². The normalized spacial score (nSPS) is 24.8. The molecule has 0 bridgehead atoms. The first-order valence-electron chi connectivity index (χ1n) is 6.88. The van der Waals surface area contributed by atoms with E-state index in [1.165, 1.54) is 6.07 Å². The lowest BCUT2D eigenvalue weighted by Crippen LogP contribution is -2.37. The molecule has 1 aromatic carbocycles. The Labute approximate surface area is 113 Å². The minimum Gasteiger partial charge on any atom is -0.349 e. The molecule has 104 valence electrons. The van der Waals surface area contributed by atoms with Gasteiger partial charge in [0.15, 0.2) is 0 Å². The van der Waals surface area contributed by atoms with Crippen molar-refractivity contribution in [3.8, 4) is 0 Å². The maximum absolute atomic E-state index is 13.6. The van der Waals surface area contributed by atoms with E-state index in [1.54, 1.807) is 18.2 Å². The largest absolute Gasteiger partial charge is 0.349 e. The molecular weight excluding hydrogens is 243 g/mol. The molecule has 0 spiro atoms. The van der Waals surface area contributed by atoms with Crippen molar-refractivity contribution >= 4 is 5.91 Å². The van der Waals surface area contributed by atoms with Crippen molar-refractivity contribution in [1.82, 2.24) is 5.32 Å².